The Balaban J connectivity index is 1.99. The molecule has 7 heteroatoms. The van der Waals surface area contributed by atoms with E-state index in [1.165, 1.54) is 0 Å². The third kappa shape index (κ3) is 1.24. The van der Waals surface area contributed by atoms with E-state index >= 15 is 0 Å². The molecule has 0 unspecified atom stereocenters. The van der Waals surface area contributed by atoms with Gasteiger partial charge in [-0.25, -0.2) is 0 Å². The summed E-state index contributed by atoms with van der Waals surface area (Å²) in [5.74, 6) is 1.05. The van der Waals surface area contributed by atoms with E-state index in [-0.39, 0.29) is 11.8 Å². The van der Waals surface area contributed by atoms with Gasteiger partial charge in [0.1, 0.15) is 9.75 Å². The van der Waals surface area contributed by atoms with Crippen LogP contribution in [0.1, 0.15) is 12.8 Å². The Morgan fingerprint density at radius 2 is 1.42 bits per heavy atom. The summed E-state index contributed by atoms with van der Waals surface area (Å²) in [5.41, 5.74) is 0. The molecule has 4 rings (SSSR count). The van der Waals surface area contributed by atoms with E-state index in [0.29, 0.717) is 26.7 Å². The van der Waals surface area contributed by atoms with Crippen LogP contribution in [-0.4, -0.2) is 18.9 Å². The summed E-state index contributed by atoms with van der Waals surface area (Å²) in [6.07, 6.45) is 2.16. The van der Waals surface area contributed by atoms with Gasteiger partial charge in [-0.15, -0.1) is 23.2 Å². The second-order valence-corrected chi connectivity index (χ2v) is 10.5. The second kappa shape index (κ2) is 3.89. The third-order valence-corrected chi connectivity index (χ3v) is 10.9. The molecule has 106 valence electrons. The fraction of sp³-hybridized carbons (Fsp3) is 0.833. The van der Waals surface area contributed by atoms with Crippen LogP contribution < -0.4 is 0 Å². The topological polar surface area (TPSA) is 0 Å². The highest BCUT2D eigenvalue weighted by Gasteiger charge is 2.86. The lowest BCUT2D eigenvalue weighted by Gasteiger charge is -2.41. The van der Waals surface area contributed by atoms with Crippen molar-refractivity contribution in [2.75, 3.05) is 0 Å². The summed E-state index contributed by atoms with van der Waals surface area (Å²) >= 11 is 43.3. The zero-order valence-electron chi connectivity index (χ0n) is 9.45. The highest BCUT2D eigenvalue weighted by molar-refractivity contribution is 9.09. The molecular formula is C12H9BrCl6. The molecule has 0 aromatic carbocycles. The number of fused-ring (bicyclic) bond motifs is 9. The van der Waals surface area contributed by atoms with Crippen molar-refractivity contribution >= 4 is 85.5 Å². The lowest BCUT2D eigenvalue weighted by atomic mass is 9.72. The van der Waals surface area contributed by atoms with E-state index in [9.17, 15) is 0 Å². The van der Waals surface area contributed by atoms with Crippen LogP contribution in [0.4, 0.5) is 0 Å². The first kappa shape index (κ1) is 14.5. The monoisotopic (exact) mass is 442 g/mol. The van der Waals surface area contributed by atoms with Gasteiger partial charge in [-0.05, 0) is 36.5 Å². The van der Waals surface area contributed by atoms with Crippen molar-refractivity contribution in [3.63, 3.8) is 0 Å². The minimum Gasteiger partial charge on any atom is -0.109 e. The summed E-state index contributed by atoms with van der Waals surface area (Å²) in [6.45, 7) is 0. The van der Waals surface area contributed by atoms with E-state index in [0.717, 1.165) is 12.8 Å². The molecule has 0 saturated heterocycles. The average molecular weight is 446 g/mol. The zero-order valence-corrected chi connectivity index (χ0v) is 15.6. The Kier molecular flexibility index (Phi) is 2.98. The van der Waals surface area contributed by atoms with Gasteiger partial charge in [0.2, 0.25) is 0 Å². The molecule has 0 aliphatic heterocycles. The van der Waals surface area contributed by atoms with Crippen LogP contribution in [0.25, 0.3) is 0 Å². The predicted molar refractivity (Wildman–Crippen MR) is 86.2 cm³/mol. The largest absolute Gasteiger partial charge is 0.166 e. The molecular weight excluding hydrogens is 437 g/mol. The van der Waals surface area contributed by atoms with Crippen LogP contribution in [0.3, 0.4) is 0 Å². The molecule has 0 aromatic heterocycles. The first-order valence-electron chi connectivity index (χ1n) is 6.15. The van der Waals surface area contributed by atoms with Crippen molar-refractivity contribution in [1.82, 2.24) is 0 Å². The second-order valence-electron chi connectivity index (χ2n) is 6.09. The Bertz CT molecular complexity index is 518. The van der Waals surface area contributed by atoms with Crippen molar-refractivity contribution in [2.45, 2.75) is 31.8 Å². The average Bonchev–Trinajstić information content (AvgIpc) is 2.95. The maximum absolute atomic E-state index is 6.84. The Morgan fingerprint density at radius 1 is 0.895 bits per heavy atom. The Hall–Kier alpha value is 1.96. The van der Waals surface area contributed by atoms with E-state index in [4.69, 9.17) is 69.6 Å². The summed E-state index contributed by atoms with van der Waals surface area (Å²) in [4.78, 5) is -1.68. The Labute approximate surface area is 150 Å². The van der Waals surface area contributed by atoms with Crippen molar-refractivity contribution in [3.05, 3.63) is 10.1 Å². The molecule has 0 radical (unpaired) electrons. The molecule has 3 fully saturated rings. The maximum Gasteiger partial charge on any atom is 0.166 e. The Morgan fingerprint density at radius 3 is 2.00 bits per heavy atom. The van der Waals surface area contributed by atoms with Gasteiger partial charge >= 0.3 is 0 Å². The summed E-state index contributed by atoms with van der Waals surface area (Å²) < 4.78 is -1.36. The van der Waals surface area contributed by atoms with Crippen LogP contribution >= 0.6 is 85.5 Å². The molecule has 19 heavy (non-hydrogen) atoms. The molecule has 0 N–H and O–H groups in total. The van der Waals surface area contributed by atoms with Crippen molar-refractivity contribution in [3.8, 4) is 0 Å². The number of halogens is 7. The fourth-order valence-electron chi connectivity index (χ4n) is 4.97. The van der Waals surface area contributed by atoms with Gasteiger partial charge in [-0.3, -0.25) is 0 Å². The molecule has 4 aliphatic carbocycles. The van der Waals surface area contributed by atoms with E-state index < -0.39 is 14.1 Å². The van der Waals surface area contributed by atoms with Crippen LogP contribution in [0.5, 0.6) is 0 Å². The van der Waals surface area contributed by atoms with Crippen molar-refractivity contribution in [1.29, 1.82) is 0 Å². The van der Waals surface area contributed by atoms with Gasteiger partial charge in [0.15, 0.2) is 4.33 Å². The lowest BCUT2D eigenvalue weighted by Crippen LogP contribution is -2.46. The van der Waals surface area contributed by atoms with Gasteiger partial charge < -0.3 is 0 Å². The van der Waals surface area contributed by atoms with Gasteiger partial charge in [0.25, 0.3) is 0 Å². The molecule has 7 atom stereocenters. The van der Waals surface area contributed by atoms with Gasteiger partial charge in [0.05, 0.1) is 10.1 Å². The van der Waals surface area contributed by atoms with E-state index in [1.54, 1.807) is 0 Å². The molecule has 3 saturated carbocycles. The maximum atomic E-state index is 6.84. The van der Waals surface area contributed by atoms with E-state index in [1.807, 2.05) is 0 Å². The van der Waals surface area contributed by atoms with Crippen molar-refractivity contribution in [2.24, 2.45) is 23.7 Å². The quantitative estimate of drug-likeness (QED) is 0.323. The summed E-state index contributed by atoms with van der Waals surface area (Å²) in [6, 6.07) is 0. The predicted octanol–water partition coefficient (Wildman–Crippen LogP) is 5.87. The first-order valence-corrected chi connectivity index (χ1v) is 9.33. The van der Waals surface area contributed by atoms with E-state index in [2.05, 4.69) is 15.9 Å². The lowest BCUT2D eigenvalue weighted by molar-refractivity contribution is 0.226. The molecule has 0 spiro atoms. The highest BCUT2D eigenvalue weighted by atomic mass is 79.9. The number of hydrogen-bond acceptors (Lipinski definition) is 0. The molecule has 0 heterocycles. The standard InChI is InChI=1S/C12H9BrCl6/c13-5-2-3-1-4(5)7-6(3)10(16)8(14)9(15)11(7,17)12(10,18)19/h3-7H,1-2H2/t3-,4+,5+,6+,7+,10-,11-/m0/s1. The fourth-order valence-corrected chi connectivity index (χ4v) is 9.14. The van der Waals surface area contributed by atoms with Crippen LogP contribution in [0.15, 0.2) is 10.1 Å². The molecule has 0 amide bonds. The van der Waals surface area contributed by atoms with Crippen LogP contribution in [0.2, 0.25) is 0 Å². The number of hydrogen-bond donors (Lipinski definition) is 0. The number of rotatable bonds is 0. The van der Waals surface area contributed by atoms with Crippen molar-refractivity contribution < 1.29 is 0 Å². The highest BCUT2D eigenvalue weighted by Crippen LogP contribution is 2.82. The molecule has 4 aliphatic rings. The van der Waals surface area contributed by atoms with Crippen LogP contribution in [-0.2, 0) is 0 Å². The van der Waals surface area contributed by atoms with Crippen LogP contribution in [0, 0.1) is 23.7 Å². The summed E-state index contributed by atoms with van der Waals surface area (Å²) in [7, 11) is 0. The van der Waals surface area contributed by atoms with Gasteiger partial charge in [-0.1, -0.05) is 62.3 Å². The molecule has 4 bridgehead atoms. The molecule has 0 aromatic rings. The first-order chi connectivity index (χ1) is 8.69. The summed E-state index contributed by atoms with van der Waals surface area (Å²) in [5, 5.41) is 0.681. The number of allylic oxidation sites excluding steroid dienone is 2. The minimum atomic E-state index is -1.36. The normalized spacial score (nSPS) is 61.1. The molecule has 0 nitrogen and oxygen atoms in total. The third-order valence-electron chi connectivity index (χ3n) is 5.59. The zero-order chi connectivity index (χ0) is 14.0. The SMILES string of the molecule is ClC1=C(Cl)[C@@]2(Cl)[C@@H]3[C@@H]4C[C@@H](C[C@H]4Br)[C@H]3[C@@]1(Cl)C2(Cl)Cl. The van der Waals surface area contributed by atoms with Gasteiger partial charge in [0, 0.05) is 4.83 Å². The van der Waals surface area contributed by atoms with Gasteiger partial charge in [-0.2, -0.15) is 0 Å². The minimum absolute atomic E-state index is 0.0831. The number of alkyl halides is 5. The smallest absolute Gasteiger partial charge is 0.109 e.